The Bertz CT molecular complexity index is 1040. The number of carbonyl (C=O) groups is 1. The van der Waals surface area contributed by atoms with Crippen LogP contribution in [0.25, 0.3) is 10.9 Å². The minimum absolute atomic E-state index is 0.0512. The van der Waals surface area contributed by atoms with E-state index in [4.69, 9.17) is 0 Å². The summed E-state index contributed by atoms with van der Waals surface area (Å²) >= 11 is 0. The van der Waals surface area contributed by atoms with Gasteiger partial charge in [0.2, 0.25) is 5.43 Å². The van der Waals surface area contributed by atoms with Gasteiger partial charge in [0.05, 0.1) is 5.52 Å². The second-order valence-corrected chi connectivity index (χ2v) is 5.76. The molecule has 0 fully saturated rings. The summed E-state index contributed by atoms with van der Waals surface area (Å²) in [5, 5.41) is 2.88. The van der Waals surface area contributed by atoms with E-state index in [0.717, 1.165) is 23.2 Å². The number of anilines is 1. The normalized spacial score (nSPS) is 10.9. The van der Waals surface area contributed by atoms with Crippen molar-refractivity contribution in [1.82, 2.24) is 4.57 Å². The lowest BCUT2D eigenvalue weighted by Crippen LogP contribution is -2.24. The molecular weight excluding hydrogens is 326 g/mol. The third-order valence-electron chi connectivity index (χ3n) is 4.00. The summed E-state index contributed by atoms with van der Waals surface area (Å²) in [6, 6.07) is 8.50. The number of hydrogen-bond acceptors (Lipinski definition) is 2. The first-order valence-electron chi connectivity index (χ1n) is 7.81. The molecule has 0 saturated heterocycles. The fourth-order valence-corrected chi connectivity index (χ4v) is 2.71. The van der Waals surface area contributed by atoms with E-state index in [1.54, 1.807) is 10.6 Å². The molecule has 0 atom stereocenters. The van der Waals surface area contributed by atoms with Crippen molar-refractivity contribution in [2.24, 2.45) is 0 Å². The zero-order chi connectivity index (χ0) is 18.1. The molecule has 0 radical (unpaired) electrons. The van der Waals surface area contributed by atoms with Crippen molar-refractivity contribution >= 4 is 22.5 Å². The maximum atomic E-state index is 13.3. The van der Waals surface area contributed by atoms with E-state index >= 15 is 0 Å². The van der Waals surface area contributed by atoms with Gasteiger partial charge in [-0.25, -0.2) is 8.78 Å². The van der Waals surface area contributed by atoms with Gasteiger partial charge in [-0.05, 0) is 38.1 Å². The number of halogens is 2. The Morgan fingerprint density at radius 2 is 1.88 bits per heavy atom. The van der Waals surface area contributed by atoms with Gasteiger partial charge in [0.15, 0.2) is 11.6 Å². The Morgan fingerprint density at radius 1 is 1.12 bits per heavy atom. The first-order chi connectivity index (χ1) is 11.9. The first-order valence-corrected chi connectivity index (χ1v) is 7.81. The van der Waals surface area contributed by atoms with E-state index in [9.17, 15) is 18.4 Å². The number of fused-ring (bicyclic) bond motifs is 1. The van der Waals surface area contributed by atoms with Crippen LogP contribution < -0.4 is 10.7 Å². The predicted molar refractivity (Wildman–Crippen MR) is 92.9 cm³/mol. The van der Waals surface area contributed by atoms with Gasteiger partial charge < -0.3 is 9.88 Å². The zero-order valence-electron chi connectivity index (χ0n) is 13.8. The van der Waals surface area contributed by atoms with Crippen LogP contribution in [0.15, 0.2) is 47.4 Å². The van der Waals surface area contributed by atoms with Crippen molar-refractivity contribution < 1.29 is 13.6 Å². The number of nitrogens with zero attached hydrogens (tertiary/aromatic N) is 1. The van der Waals surface area contributed by atoms with E-state index < -0.39 is 23.0 Å². The van der Waals surface area contributed by atoms with Crippen LogP contribution in [0, 0.1) is 18.6 Å². The summed E-state index contributed by atoms with van der Waals surface area (Å²) in [7, 11) is 0. The summed E-state index contributed by atoms with van der Waals surface area (Å²) in [4.78, 5) is 25.2. The van der Waals surface area contributed by atoms with E-state index in [1.807, 2.05) is 26.0 Å². The fraction of sp³-hybridized carbons (Fsp3) is 0.158. The number of aromatic nitrogens is 1. The molecule has 0 unspecified atom stereocenters. The van der Waals surface area contributed by atoms with Crippen molar-refractivity contribution in [3.63, 3.8) is 0 Å². The molecule has 4 nitrogen and oxygen atoms in total. The van der Waals surface area contributed by atoms with E-state index in [2.05, 4.69) is 5.32 Å². The largest absolute Gasteiger partial charge is 0.347 e. The van der Waals surface area contributed by atoms with Crippen LogP contribution in [0.1, 0.15) is 22.8 Å². The summed E-state index contributed by atoms with van der Waals surface area (Å²) < 4.78 is 28.1. The molecule has 2 aromatic carbocycles. The van der Waals surface area contributed by atoms with Gasteiger partial charge in [-0.2, -0.15) is 0 Å². The molecule has 0 aliphatic rings. The van der Waals surface area contributed by atoms with Gasteiger partial charge >= 0.3 is 0 Å². The number of nitrogens with one attached hydrogen (secondary N) is 1. The van der Waals surface area contributed by atoms with Crippen molar-refractivity contribution in [3.05, 3.63) is 75.6 Å². The molecule has 0 aliphatic heterocycles. The number of carbonyl (C=O) groups excluding carboxylic acids is 1. The molecule has 128 valence electrons. The topological polar surface area (TPSA) is 51.1 Å². The Balaban J connectivity index is 2.08. The number of aryl methyl sites for hydroxylation is 2. The second-order valence-electron chi connectivity index (χ2n) is 5.76. The molecule has 25 heavy (non-hydrogen) atoms. The first kappa shape index (κ1) is 16.8. The molecule has 3 rings (SSSR count). The molecule has 0 spiro atoms. The second kappa shape index (κ2) is 6.47. The SMILES string of the molecule is CCn1cc(C(=O)Nc2ccc(F)c(F)c2)c(=O)c2cc(C)ccc21. The van der Waals surface area contributed by atoms with Crippen LogP contribution in [0.4, 0.5) is 14.5 Å². The number of rotatable bonds is 3. The summed E-state index contributed by atoms with van der Waals surface area (Å²) in [5.41, 5.74) is 1.27. The third-order valence-corrected chi connectivity index (χ3v) is 4.00. The van der Waals surface area contributed by atoms with Crippen LogP contribution in [0.2, 0.25) is 0 Å². The molecule has 1 aromatic heterocycles. The van der Waals surface area contributed by atoms with Gasteiger partial charge in [0.1, 0.15) is 5.56 Å². The monoisotopic (exact) mass is 342 g/mol. The number of pyridine rings is 1. The number of benzene rings is 2. The third kappa shape index (κ3) is 3.15. The Kier molecular flexibility index (Phi) is 4.35. The van der Waals surface area contributed by atoms with Crippen LogP contribution in [0.3, 0.4) is 0 Å². The highest BCUT2D eigenvalue weighted by molar-refractivity contribution is 6.05. The lowest BCUT2D eigenvalue weighted by molar-refractivity contribution is 0.102. The average molecular weight is 342 g/mol. The average Bonchev–Trinajstić information content (AvgIpc) is 2.59. The van der Waals surface area contributed by atoms with Gasteiger partial charge in [0, 0.05) is 29.9 Å². The fourth-order valence-electron chi connectivity index (χ4n) is 2.71. The summed E-state index contributed by atoms with van der Waals surface area (Å²) in [5.74, 6) is -2.74. The molecule has 0 bridgehead atoms. The Labute approximate surface area is 142 Å². The van der Waals surface area contributed by atoms with E-state index in [1.165, 1.54) is 12.3 Å². The molecule has 1 N–H and O–H groups in total. The highest BCUT2D eigenvalue weighted by Gasteiger charge is 2.16. The lowest BCUT2D eigenvalue weighted by Gasteiger charge is -2.12. The smallest absolute Gasteiger partial charge is 0.261 e. The molecule has 0 aliphatic carbocycles. The highest BCUT2D eigenvalue weighted by atomic mass is 19.2. The van der Waals surface area contributed by atoms with Crippen LogP contribution in [0.5, 0.6) is 0 Å². The van der Waals surface area contributed by atoms with Crippen molar-refractivity contribution in [2.45, 2.75) is 20.4 Å². The molecule has 3 aromatic rings. The van der Waals surface area contributed by atoms with E-state index in [0.29, 0.717) is 11.9 Å². The summed E-state index contributed by atoms with van der Waals surface area (Å²) in [6.07, 6.45) is 1.48. The maximum absolute atomic E-state index is 13.3. The predicted octanol–water partition coefficient (Wildman–Crippen LogP) is 3.86. The molecule has 1 heterocycles. The van der Waals surface area contributed by atoms with Gasteiger partial charge in [-0.15, -0.1) is 0 Å². The van der Waals surface area contributed by atoms with Crippen LogP contribution >= 0.6 is 0 Å². The van der Waals surface area contributed by atoms with Gasteiger partial charge in [-0.1, -0.05) is 11.6 Å². The van der Waals surface area contributed by atoms with E-state index in [-0.39, 0.29) is 11.3 Å². The molecule has 6 heteroatoms. The minimum Gasteiger partial charge on any atom is -0.347 e. The quantitative estimate of drug-likeness (QED) is 0.786. The van der Waals surface area contributed by atoms with Gasteiger partial charge in [-0.3, -0.25) is 9.59 Å². The highest BCUT2D eigenvalue weighted by Crippen LogP contribution is 2.17. The summed E-state index contributed by atoms with van der Waals surface area (Å²) in [6.45, 7) is 4.34. The standard InChI is InChI=1S/C19H16F2N2O2/c1-3-23-10-14(18(24)13-8-11(2)4-7-17(13)23)19(25)22-12-5-6-15(20)16(21)9-12/h4-10H,3H2,1-2H3,(H,22,25). The van der Waals surface area contributed by atoms with Crippen molar-refractivity contribution in [3.8, 4) is 0 Å². The van der Waals surface area contributed by atoms with Crippen molar-refractivity contribution in [2.75, 3.05) is 5.32 Å². The number of hydrogen-bond donors (Lipinski definition) is 1. The van der Waals surface area contributed by atoms with Crippen LogP contribution in [-0.4, -0.2) is 10.5 Å². The van der Waals surface area contributed by atoms with Crippen LogP contribution in [-0.2, 0) is 6.54 Å². The Morgan fingerprint density at radius 3 is 2.56 bits per heavy atom. The Hall–Kier alpha value is -3.02. The minimum atomic E-state index is -1.07. The lowest BCUT2D eigenvalue weighted by atomic mass is 10.1. The zero-order valence-corrected chi connectivity index (χ0v) is 13.8. The van der Waals surface area contributed by atoms with Gasteiger partial charge in [0.25, 0.3) is 5.91 Å². The number of amides is 1. The molecular formula is C19H16F2N2O2. The maximum Gasteiger partial charge on any atom is 0.261 e. The molecule has 0 saturated carbocycles. The van der Waals surface area contributed by atoms with Crippen molar-refractivity contribution in [1.29, 1.82) is 0 Å². The molecule has 1 amide bonds.